The first-order valence-corrected chi connectivity index (χ1v) is 16.8. The number of fused-ring (bicyclic) bond motifs is 2. The third-order valence-corrected chi connectivity index (χ3v) is 11.5. The molecule has 4 saturated heterocycles. The summed E-state index contributed by atoms with van der Waals surface area (Å²) < 4.78 is 7.91. The minimum atomic E-state index is -0.109. The summed E-state index contributed by atoms with van der Waals surface area (Å²) in [5.74, 6) is 3.00. The Bertz CT molecular complexity index is 1560. The van der Waals surface area contributed by atoms with Crippen LogP contribution in [-0.2, 0) is 9.53 Å². The first-order chi connectivity index (χ1) is 21.1. The summed E-state index contributed by atoms with van der Waals surface area (Å²) in [4.78, 5) is 19.4. The van der Waals surface area contributed by atoms with Gasteiger partial charge in [-0.2, -0.15) is 10.2 Å². The zero-order valence-electron chi connectivity index (χ0n) is 26.0. The molecule has 0 spiro atoms. The summed E-state index contributed by atoms with van der Waals surface area (Å²) in [6.45, 7) is 18.2. The van der Waals surface area contributed by atoms with Gasteiger partial charge in [-0.05, 0) is 64.5 Å². The third kappa shape index (κ3) is 5.23. The number of likely N-dealkylation sites (tertiary alicyclic amines) is 2. The van der Waals surface area contributed by atoms with Crippen LogP contribution in [0.25, 0.3) is 22.0 Å². The highest BCUT2D eigenvalue weighted by Gasteiger charge is 2.42. The van der Waals surface area contributed by atoms with Crippen LogP contribution in [0.2, 0.25) is 10.0 Å². The van der Waals surface area contributed by atoms with Gasteiger partial charge in [-0.1, -0.05) is 29.8 Å². The lowest BCUT2D eigenvalue weighted by Gasteiger charge is -2.47. The van der Waals surface area contributed by atoms with Crippen LogP contribution in [0.15, 0.2) is 24.9 Å². The second-order valence-corrected chi connectivity index (χ2v) is 14.8. The van der Waals surface area contributed by atoms with Crippen molar-refractivity contribution in [1.29, 1.82) is 0 Å². The normalized spacial score (nSPS) is 26.1. The maximum atomic E-state index is 12.3. The molecule has 236 valence electrons. The largest absolute Gasteiger partial charge is 0.381 e. The van der Waals surface area contributed by atoms with Crippen molar-refractivity contribution in [2.45, 2.75) is 58.0 Å². The summed E-state index contributed by atoms with van der Waals surface area (Å²) in [5.41, 5.74) is 3.70. The number of carbonyl (C=O) groups excluding carboxylic acids is 1. The maximum absolute atomic E-state index is 12.3. The fourth-order valence-corrected chi connectivity index (χ4v) is 8.91. The van der Waals surface area contributed by atoms with Gasteiger partial charge in [0, 0.05) is 78.9 Å². The molecule has 1 N–H and O–H groups in total. The number of nitrogens with zero attached hydrogens (tertiary/aromatic N) is 6. The molecule has 6 heterocycles. The Balaban J connectivity index is 1.23. The van der Waals surface area contributed by atoms with Crippen LogP contribution >= 0.6 is 23.2 Å². The molecule has 11 heteroatoms. The number of ether oxygens (including phenoxy) is 1. The summed E-state index contributed by atoms with van der Waals surface area (Å²) >= 11 is 13.8. The molecule has 9 nitrogen and oxygen atoms in total. The van der Waals surface area contributed by atoms with E-state index in [1.807, 2.05) is 17.2 Å². The molecule has 1 amide bonds. The summed E-state index contributed by atoms with van der Waals surface area (Å²) in [6, 6.07) is 2.02. The molecule has 4 fully saturated rings. The van der Waals surface area contributed by atoms with Crippen molar-refractivity contribution < 1.29 is 9.53 Å². The van der Waals surface area contributed by atoms with Gasteiger partial charge in [-0.15, -0.1) is 0 Å². The topological polar surface area (TPSA) is 82.5 Å². The number of benzene rings is 1. The maximum Gasteiger partial charge on any atom is 0.245 e. The lowest BCUT2D eigenvalue weighted by Crippen LogP contribution is -2.52. The Morgan fingerprint density at radius 1 is 1.14 bits per heavy atom. The molecule has 44 heavy (non-hydrogen) atoms. The van der Waals surface area contributed by atoms with Gasteiger partial charge in [-0.3, -0.25) is 14.6 Å². The van der Waals surface area contributed by atoms with Gasteiger partial charge in [0.15, 0.2) is 5.82 Å². The molecule has 4 aliphatic rings. The van der Waals surface area contributed by atoms with Gasteiger partial charge in [0.2, 0.25) is 5.91 Å². The fraction of sp³-hybridized carbons (Fsp3) is 0.606. The van der Waals surface area contributed by atoms with E-state index >= 15 is 0 Å². The van der Waals surface area contributed by atoms with Crippen LogP contribution in [0.4, 0.5) is 5.82 Å². The Hall–Kier alpha value is -2.59. The molecule has 0 radical (unpaired) electrons. The van der Waals surface area contributed by atoms with Gasteiger partial charge in [0.25, 0.3) is 0 Å². The lowest BCUT2D eigenvalue weighted by molar-refractivity contribution is -0.127. The number of amides is 1. The summed E-state index contributed by atoms with van der Waals surface area (Å²) in [5, 5.41) is 14.8. The van der Waals surface area contributed by atoms with Crippen LogP contribution in [-0.4, -0.2) is 93.7 Å². The average Bonchev–Trinajstić information content (AvgIpc) is 3.78. The molecule has 3 unspecified atom stereocenters. The number of halogens is 2. The van der Waals surface area contributed by atoms with Crippen molar-refractivity contribution in [2.75, 3.05) is 57.4 Å². The lowest BCUT2D eigenvalue weighted by atomic mass is 9.82. The SMILES string of the molecule is C=CC(=O)N1CCC(n2nc(N3CCC(CN4CC5COCC5C4)CC3(C)C)c(-c3c(Cl)c(Cl)cc4[nH]ncc34)c2C)CC1. The van der Waals surface area contributed by atoms with E-state index in [0.717, 1.165) is 85.5 Å². The third-order valence-electron chi connectivity index (χ3n) is 10.7. The predicted molar refractivity (Wildman–Crippen MR) is 176 cm³/mol. The number of rotatable bonds is 6. The molecule has 0 saturated carbocycles. The number of nitrogens with one attached hydrogen (secondary N) is 1. The van der Waals surface area contributed by atoms with E-state index in [4.69, 9.17) is 33.0 Å². The molecule has 7 rings (SSSR count). The van der Waals surface area contributed by atoms with Crippen LogP contribution in [0.3, 0.4) is 0 Å². The van der Waals surface area contributed by atoms with E-state index in [9.17, 15) is 4.79 Å². The highest BCUT2D eigenvalue weighted by atomic mass is 35.5. The van der Waals surface area contributed by atoms with Gasteiger partial charge in [0.05, 0.1) is 41.0 Å². The van der Waals surface area contributed by atoms with E-state index in [-0.39, 0.29) is 17.5 Å². The minimum absolute atomic E-state index is 0.00911. The second-order valence-electron chi connectivity index (χ2n) is 14.0. The summed E-state index contributed by atoms with van der Waals surface area (Å²) in [7, 11) is 0. The predicted octanol–water partition coefficient (Wildman–Crippen LogP) is 5.96. The first-order valence-electron chi connectivity index (χ1n) is 16.0. The highest BCUT2D eigenvalue weighted by Crippen LogP contribution is 2.48. The second kappa shape index (κ2) is 11.6. The van der Waals surface area contributed by atoms with Crippen molar-refractivity contribution >= 4 is 45.8 Å². The molecule has 4 aliphatic heterocycles. The van der Waals surface area contributed by atoms with Crippen molar-refractivity contribution in [2.24, 2.45) is 17.8 Å². The molecular formula is C33H43Cl2N7O2. The zero-order chi connectivity index (χ0) is 30.7. The van der Waals surface area contributed by atoms with Gasteiger partial charge < -0.3 is 19.4 Å². The molecule has 0 aliphatic carbocycles. The molecule has 3 aromatic rings. The highest BCUT2D eigenvalue weighted by molar-refractivity contribution is 6.45. The number of hydrogen-bond donors (Lipinski definition) is 1. The molecule has 3 atom stereocenters. The molecule has 1 aromatic carbocycles. The molecular weight excluding hydrogens is 597 g/mol. The van der Waals surface area contributed by atoms with E-state index in [1.54, 1.807) is 0 Å². The van der Waals surface area contributed by atoms with E-state index in [2.05, 4.69) is 52.0 Å². The zero-order valence-corrected chi connectivity index (χ0v) is 27.5. The number of anilines is 1. The number of aromatic amines is 1. The van der Waals surface area contributed by atoms with E-state index in [0.29, 0.717) is 40.9 Å². The number of H-pyrrole nitrogens is 1. The smallest absolute Gasteiger partial charge is 0.245 e. The van der Waals surface area contributed by atoms with Crippen molar-refractivity contribution in [3.63, 3.8) is 0 Å². The van der Waals surface area contributed by atoms with E-state index in [1.165, 1.54) is 19.2 Å². The fourth-order valence-electron chi connectivity index (χ4n) is 8.46. The Kier molecular flexibility index (Phi) is 7.96. The minimum Gasteiger partial charge on any atom is -0.381 e. The van der Waals surface area contributed by atoms with Crippen LogP contribution in [0.5, 0.6) is 0 Å². The molecule has 0 bridgehead atoms. The number of hydrogen-bond acceptors (Lipinski definition) is 6. The standard InChI is InChI=1S/C33H43Cl2N7O2/c1-5-28(43)40-9-7-24(8-10-40)42-20(2)29(30-25-14-36-37-27(25)12-26(34)31(30)35)32(38-42)41-11-6-21(13-33(41,3)4)15-39-16-22-18-44-19-23(22)17-39/h5,12,14,21-24H,1,6-11,13,15-19H2,2-4H3,(H,36,37). The van der Waals surface area contributed by atoms with Crippen LogP contribution in [0, 0.1) is 24.7 Å². The number of piperidine rings is 2. The monoisotopic (exact) mass is 639 g/mol. The van der Waals surface area contributed by atoms with Gasteiger partial charge in [-0.25, -0.2) is 0 Å². The Morgan fingerprint density at radius 2 is 1.86 bits per heavy atom. The van der Waals surface area contributed by atoms with Gasteiger partial charge in [0.1, 0.15) is 0 Å². The quantitative estimate of drug-likeness (QED) is 0.335. The van der Waals surface area contributed by atoms with Crippen molar-refractivity contribution in [3.05, 3.63) is 40.7 Å². The van der Waals surface area contributed by atoms with E-state index < -0.39 is 0 Å². The first kappa shape index (κ1) is 30.1. The molecule has 2 aromatic heterocycles. The number of carbonyl (C=O) groups is 1. The Labute approximate surface area is 269 Å². The van der Waals surface area contributed by atoms with Crippen LogP contribution < -0.4 is 4.90 Å². The van der Waals surface area contributed by atoms with Gasteiger partial charge >= 0.3 is 0 Å². The Morgan fingerprint density at radius 3 is 2.55 bits per heavy atom. The van der Waals surface area contributed by atoms with Crippen LogP contribution in [0.1, 0.15) is 51.3 Å². The summed E-state index contributed by atoms with van der Waals surface area (Å²) in [6.07, 6.45) is 7.11. The average molecular weight is 641 g/mol. The van der Waals surface area contributed by atoms with Crippen molar-refractivity contribution in [1.82, 2.24) is 29.8 Å². The number of aromatic nitrogens is 4. The van der Waals surface area contributed by atoms with Crippen molar-refractivity contribution in [3.8, 4) is 11.1 Å².